The molecule has 1 amide bonds. The molecule has 0 bridgehead atoms. The number of para-hydroxylation sites is 1. The van der Waals surface area contributed by atoms with Crippen LogP contribution in [-0.4, -0.2) is 35.0 Å². The summed E-state index contributed by atoms with van der Waals surface area (Å²) in [5, 5.41) is 6.68. The number of carbonyl (C=O) groups excluding carboxylic acids is 1. The lowest BCUT2D eigenvalue weighted by Crippen LogP contribution is -2.46. The largest absolute Gasteiger partial charge is 0.376 e. The van der Waals surface area contributed by atoms with Gasteiger partial charge in [0.25, 0.3) is 5.91 Å². The van der Waals surface area contributed by atoms with Gasteiger partial charge in [0.05, 0.1) is 22.4 Å². The first-order valence-corrected chi connectivity index (χ1v) is 9.75. The number of nitrogens with one attached hydrogen (secondary N) is 1. The standard InChI is InChI=1S/C19H23N3O2S/c1-12(2)18-21-16(11-25-18)17-20-15-8-4-3-7-14(15)19(23)22(17)10-13-6-5-9-24-13/h3-4,7-8,11-13,17,20H,5-6,9-10H2,1-2H3/t13-,17-/m0/s1. The first-order valence-electron chi connectivity index (χ1n) is 8.87. The summed E-state index contributed by atoms with van der Waals surface area (Å²) in [6.07, 6.45) is 1.94. The van der Waals surface area contributed by atoms with Gasteiger partial charge in [-0.3, -0.25) is 4.79 Å². The van der Waals surface area contributed by atoms with Crippen LogP contribution in [-0.2, 0) is 4.74 Å². The Labute approximate surface area is 152 Å². The van der Waals surface area contributed by atoms with Gasteiger partial charge in [-0.1, -0.05) is 26.0 Å². The number of rotatable bonds is 4. The average molecular weight is 357 g/mol. The molecule has 5 nitrogen and oxygen atoms in total. The van der Waals surface area contributed by atoms with Crippen molar-refractivity contribution in [2.24, 2.45) is 0 Å². The Balaban J connectivity index is 1.68. The zero-order valence-corrected chi connectivity index (χ0v) is 15.4. The van der Waals surface area contributed by atoms with Crippen LogP contribution in [0.3, 0.4) is 0 Å². The summed E-state index contributed by atoms with van der Waals surface area (Å²) < 4.78 is 5.78. The van der Waals surface area contributed by atoms with Crippen LogP contribution in [0.1, 0.15) is 59.8 Å². The molecule has 1 fully saturated rings. The van der Waals surface area contributed by atoms with Gasteiger partial charge in [-0.2, -0.15) is 0 Å². The van der Waals surface area contributed by atoms with E-state index in [1.54, 1.807) is 11.3 Å². The fourth-order valence-corrected chi connectivity index (χ4v) is 4.27. The molecule has 4 rings (SSSR count). The number of fused-ring (bicyclic) bond motifs is 1. The van der Waals surface area contributed by atoms with Crippen molar-refractivity contribution in [3.05, 3.63) is 45.9 Å². The third kappa shape index (κ3) is 3.16. The zero-order valence-electron chi connectivity index (χ0n) is 14.6. The van der Waals surface area contributed by atoms with Crippen LogP contribution >= 0.6 is 11.3 Å². The molecule has 0 saturated carbocycles. The molecule has 1 saturated heterocycles. The van der Waals surface area contributed by atoms with Crippen molar-refractivity contribution in [1.29, 1.82) is 0 Å². The number of anilines is 1. The second-order valence-electron chi connectivity index (χ2n) is 6.95. The number of amides is 1. The van der Waals surface area contributed by atoms with E-state index in [2.05, 4.69) is 24.5 Å². The van der Waals surface area contributed by atoms with Crippen LogP contribution in [0.25, 0.3) is 0 Å². The highest BCUT2D eigenvalue weighted by Gasteiger charge is 2.36. The summed E-state index contributed by atoms with van der Waals surface area (Å²) in [6.45, 7) is 5.66. The van der Waals surface area contributed by atoms with Crippen LogP contribution in [0.4, 0.5) is 5.69 Å². The Morgan fingerprint density at radius 3 is 2.96 bits per heavy atom. The highest BCUT2D eigenvalue weighted by atomic mass is 32.1. The van der Waals surface area contributed by atoms with Gasteiger partial charge in [-0.05, 0) is 25.0 Å². The van der Waals surface area contributed by atoms with Crippen molar-refractivity contribution in [1.82, 2.24) is 9.88 Å². The van der Waals surface area contributed by atoms with E-state index in [1.807, 2.05) is 29.2 Å². The molecule has 0 unspecified atom stereocenters. The van der Waals surface area contributed by atoms with E-state index in [9.17, 15) is 4.79 Å². The van der Waals surface area contributed by atoms with Gasteiger partial charge >= 0.3 is 0 Å². The van der Waals surface area contributed by atoms with E-state index in [-0.39, 0.29) is 18.2 Å². The smallest absolute Gasteiger partial charge is 0.257 e. The lowest BCUT2D eigenvalue weighted by molar-refractivity contribution is 0.0423. The van der Waals surface area contributed by atoms with E-state index in [0.717, 1.165) is 41.4 Å². The van der Waals surface area contributed by atoms with Gasteiger partial charge in [0.15, 0.2) is 0 Å². The maximum atomic E-state index is 13.1. The molecule has 1 aromatic heterocycles. The zero-order chi connectivity index (χ0) is 17.4. The summed E-state index contributed by atoms with van der Waals surface area (Å²) in [4.78, 5) is 19.8. The van der Waals surface area contributed by atoms with Crippen molar-refractivity contribution < 1.29 is 9.53 Å². The molecule has 2 aliphatic rings. The number of aromatic nitrogens is 1. The number of thiazole rings is 1. The summed E-state index contributed by atoms with van der Waals surface area (Å²) in [7, 11) is 0. The number of carbonyl (C=O) groups is 1. The van der Waals surface area contributed by atoms with E-state index in [1.165, 1.54) is 0 Å². The molecule has 0 radical (unpaired) electrons. The summed E-state index contributed by atoms with van der Waals surface area (Å²) in [6, 6.07) is 7.69. The summed E-state index contributed by atoms with van der Waals surface area (Å²) in [5.74, 6) is 0.436. The number of hydrogen-bond donors (Lipinski definition) is 1. The van der Waals surface area contributed by atoms with Crippen molar-refractivity contribution in [3.63, 3.8) is 0 Å². The Kier molecular flexibility index (Phi) is 4.48. The van der Waals surface area contributed by atoms with Crippen molar-refractivity contribution >= 4 is 22.9 Å². The van der Waals surface area contributed by atoms with Crippen LogP contribution in [0, 0.1) is 0 Å². The molecule has 6 heteroatoms. The van der Waals surface area contributed by atoms with Gasteiger partial charge in [0.1, 0.15) is 6.17 Å². The minimum Gasteiger partial charge on any atom is -0.376 e. The average Bonchev–Trinajstić information content (AvgIpc) is 3.29. The SMILES string of the molecule is CC(C)c1nc([C@H]2Nc3ccccc3C(=O)N2C[C@@H]2CCCO2)cs1. The van der Waals surface area contributed by atoms with E-state index in [4.69, 9.17) is 9.72 Å². The molecule has 132 valence electrons. The molecule has 25 heavy (non-hydrogen) atoms. The van der Waals surface area contributed by atoms with Crippen molar-refractivity contribution in [3.8, 4) is 0 Å². The quantitative estimate of drug-likeness (QED) is 0.898. The van der Waals surface area contributed by atoms with E-state index < -0.39 is 0 Å². The molecule has 2 aliphatic heterocycles. The second kappa shape index (κ2) is 6.77. The minimum absolute atomic E-state index is 0.0500. The molecule has 1 N–H and O–H groups in total. The van der Waals surface area contributed by atoms with Crippen LogP contribution in [0.5, 0.6) is 0 Å². The van der Waals surface area contributed by atoms with Crippen LogP contribution < -0.4 is 5.32 Å². The van der Waals surface area contributed by atoms with Gasteiger partial charge in [-0.25, -0.2) is 4.98 Å². The Morgan fingerprint density at radius 2 is 2.24 bits per heavy atom. The monoisotopic (exact) mass is 357 g/mol. The third-order valence-corrected chi connectivity index (χ3v) is 5.92. The first kappa shape index (κ1) is 16.5. The molecule has 1 aromatic carbocycles. The number of hydrogen-bond acceptors (Lipinski definition) is 5. The minimum atomic E-state index is -0.240. The predicted molar refractivity (Wildman–Crippen MR) is 99.0 cm³/mol. The number of nitrogens with zero attached hydrogens (tertiary/aromatic N) is 2. The van der Waals surface area contributed by atoms with Crippen LogP contribution in [0.2, 0.25) is 0 Å². The fraction of sp³-hybridized carbons (Fsp3) is 0.474. The summed E-state index contributed by atoms with van der Waals surface area (Å²) in [5.41, 5.74) is 2.51. The molecular weight excluding hydrogens is 334 g/mol. The third-order valence-electron chi connectivity index (χ3n) is 4.76. The number of ether oxygens (including phenoxy) is 1. The highest BCUT2D eigenvalue weighted by molar-refractivity contribution is 7.09. The van der Waals surface area contributed by atoms with E-state index >= 15 is 0 Å². The second-order valence-corrected chi connectivity index (χ2v) is 7.84. The molecule has 0 spiro atoms. The first-order chi connectivity index (χ1) is 12.1. The van der Waals surface area contributed by atoms with E-state index in [0.29, 0.717) is 12.5 Å². The van der Waals surface area contributed by atoms with Crippen molar-refractivity contribution in [2.75, 3.05) is 18.5 Å². The lowest BCUT2D eigenvalue weighted by Gasteiger charge is -2.38. The molecule has 2 aromatic rings. The highest BCUT2D eigenvalue weighted by Crippen LogP contribution is 2.35. The Bertz CT molecular complexity index is 768. The Morgan fingerprint density at radius 1 is 1.40 bits per heavy atom. The van der Waals surface area contributed by atoms with Crippen molar-refractivity contribution in [2.45, 2.75) is 44.9 Å². The number of benzene rings is 1. The van der Waals surface area contributed by atoms with Gasteiger partial charge in [0, 0.05) is 30.1 Å². The topological polar surface area (TPSA) is 54.5 Å². The van der Waals surface area contributed by atoms with Crippen LogP contribution in [0.15, 0.2) is 29.6 Å². The van der Waals surface area contributed by atoms with Gasteiger partial charge in [-0.15, -0.1) is 11.3 Å². The summed E-state index contributed by atoms with van der Waals surface area (Å²) >= 11 is 1.66. The maximum absolute atomic E-state index is 13.1. The van der Waals surface area contributed by atoms with Gasteiger partial charge < -0.3 is 15.0 Å². The molecule has 3 heterocycles. The fourth-order valence-electron chi connectivity index (χ4n) is 3.41. The normalized spacial score (nSPS) is 23.0. The lowest BCUT2D eigenvalue weighted by atomic mass is 10.1. The maximum Gasteiger partial charge on any atom is 0.257 e. The van der Waals surface area contributed by atoms with Gasteiger partial charge in [0.2, 0.25) is 0 Å². The molecule has 2 atom stereocenters. The molecule has 0 aliphatic carbocycles. The Hall–Kier alpha value is -1.92. The molecular formula is C19H23N3O2S. The predicted octanol–water partition coefficient (Wildman–Crippen LogP) is 4.01.